The van der Waals surface area contributed by atoms with Gasteiger partial charge in [0.1, 0.15) is 5.82 Å². The second kappa shape index (κ2) is 7.12. The topological polar surface area (TPSA) is 48.5 Å². The Hall–Kier alpha value is -1.33. The van der Waals surface area contributed by atoms with E-state index in [9.17, 15) is 4.79 Å². The van der Waals surface area contributed by atoms with Gasteiger partial charge in [0, 0.05) is 43.7 Å². The van der Waals surface area contributed by atoms with Crippen molar-refractivity contribution in [2.75, 3.05) is 38.1 Å². The minimum atomic E-state index is 0.0436. The van der Waals surface area contributed by atoms with E-state index in [2.05, 4.69) is 39.3 Å². The number of alkyl halides is 1. The lowest BCUT2D eigenvalue weighted by atomic mass is 9.72. The van der Waals surface area contributed by atoms with E-state index in [1.165, 1.54) is 0 Å². The molecule has 0 radical (unpaired) electrons. The lowest BCUT2D eigenvalue weighted by molar-refractivity contribution is -0.131. The van der Waals surface area contributed by atoms with Gasteiger partial charge >= 0.3 is 0 Å². The maximum absolute atomic E-state index is 12.5. The summed E-state index contributed by atoms with van der Waals surface area (Å²) >= 11 is 6.54. The third-order valence-corrected chi connectivity index (χ3v) is 6.68. The predicted octanol–water partition coefficient (Wildman–Crippen LogP) is 2.42. The van der Waals surface area contributed by atoms with Gasteiger partial charge in [-0.1, -0.05) is 12.5 Å². The van der Waals surface area contributed by atoms with Gasteiger partial charge in [-0.15, -0.1) is 11.6 Å². The number of amides is 1. The molecular formula is C19H27ClN4O. The number of piperazine rings is 1. The molecule has 3 aliphatic rings. The zero-order valence-corrected chi connectivity index (χ0v) is 15.6. The SMILES string of the molecule is CN1CCN(c2ccc(C3CC4C(Cl)CCCC4C(=O)N3)cn2)CC1. The molecule has 0 bridgehead atoms. The number of anilines is 1. The van der Waals surface area contributed by atoms with Gasteiger partial charge in [0.15, 0.2) is 0 Å². The maximum atomic E-state index is 12.5. The van der Waals surface area contributed by atoms with Crippen LogP contribution in [-0.4, -0.2) is 54.4 Å². The third kappa shape index (κ3) is 3.49. The molecule has 4 atom stereocenters. The molecule has 25 heavy (non-hydrogen) atoms. The first-order valence-corrected chi connectivity index (χ1v) is 9.89. The first-order valence-electron chi connectivity index (χ1n) is 9.45. The fourth-order valence-corrected chi connectivity index (χ4v) is 4.94. The van der Waals surface area contributed by atoms with Crippen LogP contribution in [0.3, 0.4) is 0 Å². The lowest BCUT2D eigenvalue weighted by Crippen LogP contribution is -2.48. The van der Waals surface area contributed by atoms with E-state index >= 15 is 0 Å². The predicted molar refractivity (Wildman–Crippen MR) is 99.9 cm³/mol. The van der Waals surface area contributed by atoms with Crippen LogP contribution in [0.25, 0.3) is 0 Å². The number of halogens is 1. The van der Waals surface area contributed by atoms with Gasteiger partial charge in [-0.3, -0.25) is 4.79 Å². The number of carbonyl (C=O) groups is 1. The van der Waals surface area contributed by atoms with E-state index in [1.54, 1.807) is 0 Å². The van der Waals surface area contributed by atoms with Gasteiger partial charge in [-0.25, -0.2) is 4.98 Å². The standard InChI is InChI=1S/C19H27ClN4O/c1-23-7-9-24(10-8-23)18-6-5-13(12-21-18)17-11-15-14(19(25)22-17)3-2-4-16(15)20/h5-6,12,14-17H,2-4,7-11H2,1H3,(H,22,25). The van der Waals surface area contributed by atoms with Crippen molar-refractivity contribution in [1.29, 1.82) is 0 Å². The summed E-state index contributed by atoms with van der Waals surface area (Å²) < 4.78 is 0. The van der Waals surface area contributed by atoms with E-state index in [0.29, 0.717) is 5.92 Å². The smallest absolute Gasteiger partial charge is 0.223 e. The molecule has 3 heterocycles. The number of hydrogen-bond donors (Lipinski definition) is 1. The molecule has 1 amide bonds. The van der Waals surface area contributed by atoms with Crippen molar-refractivity contribution in [3.8, 4) is 0 Å². The molecule has 136 valence electrons. The number of fused-ring (bicyclic) bond motifs is 1. The fraction of sp³-hybridized carbons (Fsp3) is 0.684. The van der Waals surface area contributed by atoms with Gasteiger partial charge in [0.2, 0.25) is 5.91 Å². The van der Waals surface area contributed by atoms with Crippen LogP contribution in [0.5, 0.6) is 0 Å². The summed E-state index contributed by atoms with van der Waals surface area (Å²) in [6.07, 6.45) is 5.94. The summed E-state index contributed by atoms with van der Waals surface area (Å²) in [6.45, 7) is 4.17. The molecule has 3 fully saturated rings. The summed E-state index contributed by atoms with van der Waals surface area (Å²) in [5.74, 6) is 1.61. The first kappa shape index (κ1) is 17.1. The summed E-state index contributed by atoms with van der Waals surface area (Å²) in [7, 11) is 2.16. The number of aromatic nitrogens is 1. The fourth-order valence-electron chi connectivity index (χ4n) is 4.51. The number of likely N-dealkylation sites (N-methyl/N-ethyl adjacent to an activating group) is 1. The zero-order valence-electron chi connectivity index (χ0n) is 14.8. The molecule has 2 saturated heterocycles. The molecule has 0 spiro atoms. The number of nitrogens with zero attached hydrogens (tertiary/aromatic N) is 3. The molecule has 4 rings (SSSR count). The first-order chi connectivity index (χ1) is 12.1. The molecule has 1 N–H and O–H groups in total. The Morgan fingerprint density at radius 3 is 2.72 bits per heavy atom. The Balaban J connectivity index is 1.46. The van der Waals surface area contributed by atoms with Crippen LogP contribution in [0.1, 0.15) is 37.3 Å². The molecule has 1 saturated carbocycles. The van der Waals surface area contributed by atoms with E-state index in [-0.39, 0.29) is 23.2 Å². The molecule has 1 aromatic rings. The van der Waals surface area contributed by atoms with Gasteiger partial charge in [-0.2, -0.15) is 0 Å². The van der Waals surface area contributed by atoms with E-state index in [0.717, 1.165) is 63.2 Å². The molecule has 2 aliphatic heterocycles. The van der Waals surface area contributed by atoms with Crippen molar-refractivity contribution in [2.24, 2.45) is 11.8 Å². The number of carbonyl (C=O) groups excluding carboxylic acids is 1. The number of piperidine rings is 1. The highest BCUT2D eigenvalue weighted by atomic mass is 35.5. The second-order valence-electron chi connectivity index (χ2n) is 7.75. The van der Waals surface area contributed by atoms with Crippen LogP contribution in [0.15, 0.2) is 18.3 Å². The Bertz CT molecular complexity index is 614. The normalized spacial score (nSPS) is 33.7. The van der Waals surface area contributed by atoms with Crippen molar-refractivity contribution in [2.45, 2.75) is 37.1 Å². The quantitative estimate of drug-likeness (QED) is 0.821. The average Bonchev–Trinajstić information content (AvgIpc) is 2.63. The van der Waals surface area contributed by atoms with Gasteiger partial charge in [0.25, 0.3) is 0 Å². The lowest BCUT2D eigenvalue weighted by Gasteiger charge is -2.41. The molecule has 1 aromatic heterocycles. The van der Waals surface area contributed by atoms with Crippen LogP contribution < -0.4 is 10.2 Å². The minimum absolute atomic E-state index is 0.0436. The van der Waals surface area contributed by atoms with Crippen LogP contribution in [0.4, 0.5) is 5.82 Å². The molecule has 1 aliphatic carbocycles. The van der Waals surface area contributed by atoms with Crippen molar-refractivity contribution in [3.05, 3.63) is 23.9 Å². The number of nitrogens with one attached hydrogen (secondary N) is 1. The second-order valence-corrected chi connectivity index (χ2v) is 8.31. The number of pyridine rings is 1. The molecule has 0 aromatic carbocycles. The van der Waals surface area contributed by atoms with E-state index < -0.39 is 0 Å². The van der Waals surface area contributed by atoms with E-state index in [1.807, 2.05) is 6.20 Å². The Morgan fingerprint density at radius 1 is 1.20 bits per heavy atom. The molecule has 6 heteroatoms. The summed E-state index contributed by atoms with van der Waals surface area (Å²) in [5, 5.41) is 3.33. The van der Waals surface area contributed by atoms with Crippen molar-refractivity contribution in [1.82, 2.24) is 15.2 Å². The van der Waals surface area contributed by atoms with Crippen molar-refractivity contribution in [3.63, 3.8) is 0 Å². The van der Waals surface area contributed by atoms with Crippen LogP contribution in [-0.2, 0) is 4.79 Å². The van der Waals surface area contributed by atoms with Crippen molar-refractivity contribution >= 4 is 23.3 Å². The van der Waals surface area contributed by atoms with Crippen LogP contribution in [0.2, 0.25) is 0 Å². The third-order valence-electron chi connectivity index (χ3n) is 6.14. The highest BCUT2D eigenvalue weighted by molar-refractivity contribution is 6.21. The Labute approximate surface area is 154 Å². The van der Waals surface area contributed by atoms with Gasteiger partial charge in [-0.05, 0) is 43.9 Å². The highest BCUT2D eigenvalue weighted by Gasteiger charge is 2.42. The summed E-state index contributed by atoms with van der Waals surface area (Å²) in [5.41, 5.74) is 1.10. The Kier molecular flexibility index (Phi) is 4.87. The largest absolute Gasteiger partial charge is 0.354 e. The average molecular weight is 363 g/mol. The Morgan fingerprint density at radius 2 is 2.00 bits per heavy atom. The monoisotopic (exact) mass is 362 g/mol. The van der Waals surface area contributed by atoms with Crippen LogP contribution >= 0.6 is 11.6 Å². The minimum Gasteiger partial charge on any atom is -0.354 e. The molecule has 5 nitrogen and oxygen atoms in total. The van der Waals surface area contributed by atoms with Crippen LogP contribution in [0, 0.1) is 11.8 Å². The maximum Gasteiger partial charge on any atom is 0.223 e. The summed E-state index contributed by atoms with van der Waals surface area (Å²) in [4.78, 5) is 21.8. The highest BCUT2D eigenvalue weighted by Crippen LogP contribution is 2.42. The zero-order chi connectivity index (χ0) is 17.4. The van der Waals surface area contributed by atoms with Gasteiger partial charge in [0.05, 0.1) is 6.04 Å². The number of rotatable bonds is 2. The molecular weight excluding hydrogens is 336 g/mol. The summed E-state index contributed by atoms with van der Waals surface area (Å²) in [6, 6.07) is 4.26. The number of hydrogen-bond acceptors (Lipinski definition) is 4. The van der Waals surface area contributed by atoms with Crippen molar-refractivity contribution < 1.29 is 4.79 Å². The van der Waals surface area contributed by atoms with Gasteiger partial charge < -0.3 is 15.1 Å². The molecule has 4 unspecified atom stereocenters. The van der Waals surface area contributed by atoms with E-state index in [4.69, 9.17) is 11.6 Å².